The average molecular weight is 298 g/mol. The third kappa shape index (κ3) is 4.01. The fourth-order valence-electron chi connectivity index (χ4n) is 1.35. The molecule has 1 aromatic heterocycles. The van der Waals surface area contributed by atoms with Crippen LogP contribution >= 0.6 is 23.4 Å². The first-order chi connectivity index (χ1) is 9.19. The first-order valence-electron chi connectivity index (χ1n) is 5.69. The maximum atomic E-state index is 11.4. The zero-order valence-electron chi connectivity index (χ0n) is 10.3. The summed E-state index contributed by atoms with van der Waals surface area (Å²) in [7, 11) is 0. The maximum Gasteiger partial charge on any atom is 0.360 e. The van der Waals surface area contributed by atoms with E-state index in [1.54, 1.807) is 6.92 Å². The lowest BCUT2D eigenvalue weighted by Gasteiger charge is -1.98. The molecule has 4 nitrogen and oxygen atoms in total. The van der Waals surface area contributed by atoms with Gasteiger partial charge in [0.2, 0.25) is 0 Å². The van der Waals surface area contributed by atoms with Gasteiger partial charge in [-0.05, 0) is 24.6 Å². The van der Waals surface area contributed by atoms with Crippen LogP contribution < -0.4 is 0 Å². The molecule has 1 aromatic carbocycles. The minimum absolute atomic E-state index is 0.195. The summed E-state index contributed by atoms with van der Waals surface area (Å²) >= 11 is 7.21. The van der Waals surface area contributed by atoms with Crippen LogP contribution in [0.2, 0.25) is 5.02 Å². The zero-order valence-corrected chi connectivity index (χ0v) is 11.8. The molecule has 0 N–H and O–H groups in total. The van der Waals surface area contributed by atoms with E-state index in [0.29, 0.717) is 22.6 Å². The van der Waals surface area contributed by atoms with Gasteiger partial charge in [-0.25, -0.2) is 4.79 Å². The van der Waals surface area contributed by atoms with Crippen LogP contribution in [0.5, 0.6) is 0 Å². The van der Waals surface area contributed by atoms with E-state index in [2.05, 4.69) is 4.98 Å². The van der Waals surface area contributed by atoms with E-state index in [0.717, 1.165) is 5.56 Å². The number of nitrogens with zero attached hydrogens (tertiary/aromatic N) is 1. The van der Waals surface area contributed by atoms with Crippen molar-refractivity contribution in [1.82, 2.24) is 4.98 Å². The van der Waals surface area contributed by atoms with Gasteiger partial charge >= 0.3 is 5.97 Å². The highest BCUT2D eigenvalue weighted by molar-refractivity contribution is 7.98. The second-order valence-corrected chi connectivity index (χ2v) is 5.00. The third-order valence-corrected chi connectivity index (χ3v) is 3.41. The number of ether oxygens (including phenoxy) is 1. The second-order valence-electron chi connectivity index (χ2n) is 3.63. The van der Waals surface area contributed by atoms with Gasteiger partial charge in [0.05, 0.1) is 6.61 Å². The fraction of sp³-hybridized carbons (Fsp3) is 0.231. The normalized spacial score (nSPS) is 10.4. The Bertz CT molecular complexity index is 553. The molecular formula is C13H12ClNO3S. The molecule has 0 aliphatic carbocycles. The Balaban J connectivity index is 1.93. The molecule has 0 amide bonds. The molecule has 2 rings (SSSR count). The minimum Gasteiger partial charge on any atom is -0.461 e. The van der Waals surface area contributed by atoms with Crippen molar-refractivity contribution in [1.29, 1.82) is 0 Å². The summed E-state index contributed by atoms with van der Waals surface area (Å²) in [5.74, 6) is 0.226. The molecule has 0 aliphatic rings. The number of benzene rings is 1. The summed E-state index contributed by atoms with van der Waals surface area (Å²) in [4.78, 5) is 15.5. The SMILES string of the molecule is CCOC(=O)c1coc(SCc2ccc(Cl)cc2)n1. The highest BCUT2D eigenvalue weighted by Gasteiger charge is 2.13. The van der Waals surface area contributed by atoms with Gasteiger partial charge in [0.25, 0.3) is 5.22 Å². The predicted octanol–water partition coefficient (Wildman–Crippen LogP) is 3.80. The Morgan fingerprint density at radius 1 is 1.42 bits per heavy atom. The van der Waals surface area contributed by atoms with Crippen molar-refractivity contribution in [2.75, 3.05) is 6.61 Å². The van der Waals surface area contributed by atoms with Gasteiger partial charge < -0.3 is 9.15 Å². The van der Waals surface area contributed by atoms with Gasteiger partial charge in [-0.3, -0.25) is 0 Å². The smallest absolute Gasteiger partial charge is 0.360 e. The lowest BCUT2D eigenvalue weighted by Crippen LogP contribution is -2.04. The molecule has 100 valence electrons. The van der Waals surface area contributed by atoms with E-state index >= 15 is 0 Å². The summed E-state index contributed by atoms with van der Waals surface area (Å²) in [5, 5.41) is 1.15. The lowest BCUT2D eigenvalue weighted by atomic mass is 10.2. The third-order valence-electron chi connectivity index (χ3n) is 2.24. The zero-order chi connectivity index (χ0) is 13.7. The standard InChI is InChI=1S/C13H12ClNO3S/c1-2-17-12(16)11-7-18-13(15-11)19-8-9-3-5-10(14)6-4-9/h3-7H,2,8H2,1H3. The van der Waals surface area contributed by atoms with E-state index in [4.69, 9.17) is 20.8 Å². The Hall–Kier alpha value is -1.46. The van der Waals surface area contributed by atoms with E-state index in [-0.39, 0.29) is 5.69 Å². The summed E-state index contributed by atoms with van der Waals surface area (Å²) in [6, 6.07) is 7.53. The monoisotopic (exact) mass is 297 g/mol. The van der Waals surface area contributed by atoms with Crippen molar-refractivity contribution in [2.45, 2.75) is 17.9 Å². The molecule has 0 saturated carbocycles. The number of esters is 1. The average Bonchev–Trinajstić information content (AvgIpc) is 2.87. The number of hydrogen-bond donors (Lipinski definition) is 0. The number of rotatable bonds is 5. The first-order valence-corrected chi connectivity index (χ1v) is 7.05. The number of thioether (sulfide) groups is 1. The number of halogens is 1. The summed E-state index contributed by atoms with van der Waals surface area (Å²) in [5.41, 5.74) is 1.30. The van der Waals surface area contributed by atoms with E-state index in [1.165, 1.54) is 18.0 Å². The van der Waals surface area contributed by atoms with Crippen LogP contribution in [0, 0.1) is 0 Å². The number of carbonyl (C=O) groups is 1. The van der Waals surface area contributed by atoms with Gasteiger partial charge in [-0.1, -0.05) is 35.5 Å². The first kappa shape index (κ1) is 14.0. The molecule has 6 heteroatoms. The van der Waals surface area contributed by atoms with Crippen LogP contribution in [-0.4, -0.2) is 17.6 Å². The van der Waals surface area contributed by atoms with Crippen molar-refractivity contribution in [3.63, 3.8) is 0 Å². The van der Waals surface area contributed by atoms with Crippen molar-refractivity contribution in [3.8, 4) is 0 Å². The molecule has 0 spiro atoms. The van der Waals surface area contributed by atoms with E-state index < -0.39 is 5.97 Å². The van der Waals surface area contributed by atoms with Crippen LogP contribution in [0.4, 0.5) is 0 Å². The summed E-state index contributed by atoms with van der Waals surface area (Å²) in [6.07, 6.45) is 1.31. The number of hydrogen-bond acceptors (Lipinski definition) is 5. The van der Waals surface area contributed by atoms with Crippen molar-refractivity contribution >= 4 is 29.3 Å². The van der Waals surface area contributed by atoms with Crippen LogP contribution in [-0.2, 0) is 10.5 Å². The van der Waals surface area contributed by atoms with Crippen molar-refractivity contribution in [3.05, 3.63) is 46.8 Å². The summed E-state index contributed by atoms with van der Waals surface area (Å²) < 4.78 is 10.0. The Kier molecular flexibility index (Phi) is 4.87. The van der Waals surface area contributed by atoms with Gasteiger partial charge in [0.15, 0.2) is 5.69 Å². The van der Waals surface area contributed by atoms with E-state index in [9.17, 15) is 4.79 Å². The number of carbonyl (C=O) groups excluding carboxylic acids is 1. The highest BCUT2D eigenvalue weighted by Crippen LogP contribution is 2.23. The van der Waals surface area contributed by atoms with Gasteiger partial charge in [-0.15, -0.1) is 0 Å². The second kappa shape index (κ2) is 6.63. The van der Waals surface area contributed by atoms with Crippen molar-refractivity contribution in [2.24, 2.45) is 0 Å². The van der Waals surface area contributed by atoms with Gasteiger partial charge in [-0.2, -0.15) is 4.98 Å². The van der Waals surface area contributed by atoms with Crippen LogP contribution in [0.25, 0.3) is 0 Å². The predicted molar refractivity (Wildman–Crippen MR) is 73.5 cm³/mol. The highest BCUT2D eigenvalue weighted by atomic mass is 35.5. The molecule has 0 aliphatic heterocycles. The van der Waals surface area contributed by atoms with Crippen LogP contribution in [0.3, 0.4) is 0 Å². The Labute approximate surface area is 120 Å². The topological polar surface area (TPSA) is 52.3 Å². The Morgan fingerprint density at radius 3 is 2.84 bits per heavy atom. The molecule has 0 bridgehead atoms. The molecule has 0 radical (unpaired) electrons. The molecule has 2 aromatic rings. The molecule has 0 saturated heterocycles. The largest absolute Gasteiger partial charge is 0.461 e. The Morgan fingerprint density at radius 2 is 2.16 bits per heavy atom. The molecule has 0 unspecified atom stereocenters. The van der Waals surface area contributed by atoms with E-state index in [1.807, 2.05) is 24.3 Å². The number of oxazole rings is 1. The lowest BCUT2D eigenvalue weighted by molar-refractivity contribution is 0.0519. The molecule has 0 atom stereocenters. The minimum atomic E-state index is -0.468. The van der Waals surface area contributed by atoms with Crippen molar-refractivity contribution < 1.29 is 13.9 Å². The molecule has 1 heterocycles. The quantitative estimate of drug-likeness (QED) is 0.620. The molecular weight excluding hydrogens is 286 g/mol. The molecule has 0 fully saturated rings. The fourth-order valence-corrected chi connectivity index (χ4v) is 2.24. The van der Waals surface area contributed by atoms with Crippen LogP contribution in [0.1, 0.15) is 23.0 Å². The van der Waals surface area contributed by atoms with Gasteiger partial charge in [0, 0.05) is 10.8 Å². The summed E-state index contributed by atoms with van der Waals surface area (Å²) in [6.45, 7) is 2.06. The maximum absolute atomic E-state index is 11.4. The number of aromatic nitrogens is 1. The van der Waals surface area contributed by atoms with Crippen LogP contribution in [0.15, 0.2) is 40.2 Å². The molecule has 19 heavy (non-hydrogen) atoms. The van der Waals surface area contributed by atoms with Gasteiger partial charge in [0.1, 0.15) is 6.26 Å².